The van der Waals surface area contributed by atoms with Crippen molar-refractivity contribution in [2.24, 2.45) is 0 Å². The Labute approximate surface area is 129 Å². The van der Waals surface area contributed by atoms with Crippen molar-refractivity contribution in [1.82, 2.24) is 4.57 Å². The predicted molar refractivity (Wildman–Crippen MR) is 94.0 cm³/mol. The molecular formula is C18H11NS2. The van der Waals surface area contributed by atoms with E-state index in [1.165, 1.54) is 36.9 Å². The van der Waals surface area contributed by atoms with Crippen LogP contribution in [0.4, 0.5) is 0 Å². The SMILES string of the molecule is c1ccc(-n2c3cscc3c3sc4ccccc4c32)cc1. The van der Waals surface area contributed by atoms with E-state index in [9.17, 15) is 0 Å². The quantitative estimate of drug-likeness (QED) is 0.355. The molecule has 3 aromatic heterocycles. The Balaban J connectivity index is 2.07. The first-order valence-corrected chi connectivity index (χ1v) is 8.63. The van der Waals surface area contributed by atoms with Gasteiger partial charge in [0.2, 0.25) is 0 Å². The zero-order valence-corrected chi connectivity index (χ0v) is 12.7. The minimum Gasteiger partial charge on any atom is -0.307 e. The maximum atomic E-state index is 2.40. The molecule has 21 heavy (non-hydrogen) atoms. The number of hydrogen-bond acceptors (Lipinski definition) is 2. The Kier molecular flexibility index (Phi) is 2.31. The van der Waals surface area contributed by atoms with Crippen molar-refractivity contribution in [1.29, 1.82) is 0 Å². The lowest BCUT2D eigenvalue weighted by molar-refractivity contribution is 1.19. The van der Waals surface area contributed by atoms with Gasteiger partial charge in [-0.2, -0.15) is 0 Å². The first-order valence-electron chi connectivity index (χ1n) is 6.87. The van der Waals surface area contributed by atoms with Gasteiger partial charge >= 0.3 is 0 Å². The normalized spacial score (nSPS) is 11.8. The zero-order chi connectivity index (χ0) is 13.8. The van der Waals surface area contributed by atoms with Crippen molar-refractivity contribution < 1.29 is 0 Å². The highest BCUT2D eigenvalue weighted by molar-refractivity contribution is 7.27. The third-order valence-corrected chi connectivity index (χ3v) is 5.86. The number of rotatable bonds is 1. The molecule has 0 atom stereocenters. The minimum atomic E-state index is 1.24. The summed E-state index contributed by atoms with van der Waals surface area (Å²) < 4.78 is 5.16. The van der Waals surface area contributed by atoms with E-state index < -0.39 is 0 Å². The van der Waals surface area contributed by atoms with Crippen molar-refractivity contribution in [2.45, 2.75) is 0 Å². The van der Waals surface area contributed by atoms with Crippen LogP contribution in [0.2, 0.25) is 0 Å². The van der Waals surface area contributed by atoms with Gasteiger partial charge in [-0.25, -0.2) is 0 Å². The van der Waals surface area contributed by atoms with Crippen molar-refractivity contribution in [3.05, 3.63) is 65.4 Å². The summed E-state index contributed by atoms with van der Waals surface area (Å²) in [6.45, 7) is 0. The molecule has 5 aromatic rings. The number of nitrogens with zero attached hydrogens (tertiary/aromatic N) is 1. The topological polar surface area (TPSA) is 4.93 Å². The van der Waals surface area contributed by atoms with E-state index in [-0.39, 0.29) is 0 Å². The smallest absolute Gasteiger partial charge is 0.0728 e. The highest BCUT2D eigenvalue weighted by atomic mass is 32.1. The predicted octanol–water partition coefficient (Wildman–Crippen LogP) is 6.06. The molecule has 0 aliphatic rings. The highest BCUT2D eigenvalue weighted by Gasteiger charge is 2.17. The molecule has 0 radical (unpaired) electrons. The molecule has 3 heteroatoms. The van der Waals surface area contributed by atoms with Crippen LogP contribution in [0.3, 0.4) is 0 Å². The van der Waals surface area contributed by atoms with Gasteiger partial charge in [-0.15, -0.1) is 22.7 Å². The summed E-state index contributed by atoms with van der Waals surface area (Å²) in [7, 11) is 0. The molecule has 0 N–H and O–H groups in total. The van der Waals surface area contributed by atoms with Gasteiger partial charge in [0.1, 0.15) is 0 Å². The summed E-state index contributed by atoms with van der Waals surface area (Å²) in [5, 5.41) is 7.25. The lowest BCUT2D eigenvalue weighted by Gasteiger charge is -2.06. The number of fused-ring (bicyclic) bond motifs is 5. The third kappa shape index (κ3) is 1.50. The van der Waals surface area contributed by atoms with Gasteiger partial charge in [-0.1, -0.05) is 36.4 Å². The molecule has 0 aliphatic carbocycles. The van der Waals surface area contributed by atoms with Crippen LogP contribution >= 0.6 is 22.7 Å². The Bertz CT molecular complexity index is 1080. The van der Waals surface area contributed by atoms with Gasteiger partial charge in [0, 0.05) is 31.9 Å². The van der Waals surface area contributed by atoms with E-state index in [1.807, 2.05) is 11.3 Å². The van der Waals surface area contributed by atoms with Crippen molar-refractivity contribution in [2.75, 3.05) is 0 Å². The van der Waals surface area contributed by atoms with Crippen LogP contribution in [0.5, 0.6) is 0 Å². The zero-order valence-electron chi connectivity index (χ0n) is 11.1. The molecule has 0 saturated heterocycles. The molecule has 0 saturated carbocycles. The molecule has 0 aliphatic heterocycles. The molecule has 5 rings (SSSR count). The molecule has 2 aromatic carbocycles. The van der Waals surface area contributed by atoms with E-state index in [1.54, 1.807) is 11.3 Å². The lowest BCUT2D eigenvalue weighted by atomic mass is 10.2. The van der Waals surface area contributed by atoms with Crippen LogP contribution in [0, 0.1) is 0 Å². The molecule has 0 unspecified atom stereocenters. The monoisotopic (exact) mass is 305 g/mol. The maximum Gasteiger partial charge on any atom is 0.0728 e. The second kappa shape index (κ2) is 4.20. The summed E-state index contributed by atoms with van der Waals surface area (Å²) in [4.78, 5) is 0. The minimum absolute atomic E-state index is 1.24. The van der Waals surface area contributed by atoms with Gasteiger partial charge < -0.3 is 4.57 Å². The second-order valence-electron chi connectivity index (χ2n) is 5.12. The molecular weight excluding hydrogens is 294 g/mol. The average Bonchev–Trinajstić information content (AvgIpc) is 3.19. The van der Waals surface area contributed by atoms with Crippen LogP contribution in [-0.2, 0) is 0 Å². The van der Waals surface area contributed by atoms with Crippen molar-refractivity contribution >= 4 is 53.9 Å². The highest BCUT2D eigenvalue weighted by Crippen LogP contribution is 2.43. The fourth-order valence-corrected chi connectivity index (χ4v) is 5.13. The number of para-hydroxylation sites is 1. The van der Waals surface area contributed by atoms with E-state index in [4.69, 9.17) is 0 Å². The molecule has 3 heterocycles. The van der Waals surface area contributed by atoms with Gasteiger partial charge in [-0.3, -0.25) is 0 Å². The average molecular weight is 305 g/mol. The van der Waals surface area contributed by atoms with Gasteiger partial charge in [0.15, 0.2) is 0 Å². The first kappa shape index (κ1) is 11.5. The molecule has 0 bridgehead atoms. The van der Waals surface area contributed by atoms with Crippen LogP contribution in [0.25, 0.3) is 36.9 Å². The lowest BCUT2D eigenvalue weighted by Crippen LogP contribution is -1.91. The molecule has 100 valence electrons. The summed E-state index contributed by atoms with van der Waals surface area (Å²) in [6.07, 6.45) is 0. The first-order chi connectivity index (χ1) is 10.4. The van der Waals surface area contributed by atoms with Crippen molar-refractivity contribution in [3.8, 4) is 5.69 Å². The standard InChI is InChI=1S/C18H11NS2/c1-2-6-12(7-3-1)19-15-11-20-10-14(15)18-17(19)13-8-4-5-9-16(13)21-18/h1-11H. The number of aromatic nitrogens is 1. The van der Waals surface area contributed by atoms with E-state index in [2.05, 4.69) is 69.9 Å². The Morgan fingerprint density at radius 2 is 1.57 bits per heavy atom. The van der Waals surface area contributed by atoms with E-state index in [0.717, 1.165) is 0 Å². The Morgan fingerprint density at radius 3 is 2.48 bits per heavy atom. The maximum absolute atomic E-state index is 2.40. The second-order valence-corrected chi connectivity index (χ2v) is 6.91. The van der Waals surface area contributed by atoms with Crippen LogP contribution in [-0.4, -0.2) is 4.57 Å². The van der Waals surface area contributed by atoms with E-state index >= 15 is 0 Å². The fourth-order valence-electron chi connectivity index (χ4n) is 3.04. The Hall–Kier alpha value is -2.10. The van der Waals surface area contributed by atoms with Crippen LogP contribution < -0.4 is 0 Å². The summed E-state index contributed by atoms with van der Waals surface area (Å²) in [5.41, 5.74) is 3.90. The summed E-state index contributed by atoms with van der Waals surface area (Å²) in [5.74, 6) is 0. The van der Waals surface area contributed by atoms with Crippen LogP contribution in [0.1, 0.15) is 0 Å². The molecule has 1 nitrogen and oxygen atoms in total. The van der Waals surface area contributed by atoms with Gasteiger partial charge in [0.05, 0.1) is 15.7 Å². The Morgan fingerprint density at radius 1 is 0.762 bits per heavy atom. The third-order valence-electron chi connectivity index (χ3n) is 3.93. The molecule has 0 amide bonds. The van der Waals surface area contributed by atoms with Gasteiger partial charge in [0.25, 0.3) is 0 Å². The fraction of sp³-hybridized carbons (Fsp3) is 0. The van der Waals surface area contributed by atoms with E-state index in [0.29, 0.717) is 0 Å². The van der Waals surface area contributed by atoms with Crippen molar-refractivity contribution in [3.63, 3.8) is 0 Å². The summed E-state index contributed by atoms with van der Waals surface area (Å²) >= 11 is 3.68. The summed E-state index contributed by atoms with van der Waals surface area (Å²) in [6, 6.07) is 19.3. The molecule has 0 fully saturated rings. The van der Waals surface area contributed by atoms with Crippen LogP contribution in [0.15, 0.2) is 65.4 Å². The molecule has 0 spiro atoms. The number of thiophene rings is 2. The van der Waals surface area contributed by atoms with Gasteiger partial charge in [-0.05, 0) is 18.2 Å². The number of benzene rings is 2. The number of hydrogen-bond donors (Lipinski definition) is 0. The largest absolute Gasteiger partial charge is 0.307 e.